The Hall–Kier alpha value is -3.73. The van der Waals surface area contributed by atoms with Gasteiger partial charge in [0.1, 0.15) is 16.8 Å². The van der Waals surface area contributed by atoms with Crippen molar-refractivity contribution in [2.75, 3.05) is 42.5 Å². The number of aromatic nitrogens is 3. The number of pyridine rings is 2. The van der Waals surface area contributed by atoms with Gasteiger partial charge in [0.2, 0.25) is 5.88 Å². The zero-order chi connectivity index (χ0) is 23.0. The molecule has 0 unspecified atom stereocenters. The summed E-state index contributed by atoms with van der Waals surface area (Å²) in [5.74, 6) is 1.61. The lowest BCUT2D eigenvalue weighted by Crippen LogP contribution is -2.03. The molecule has 0 bridgehead atoms. The first-order valence-corrected chi connectivity index (χ1v) is 9.01. The van der Waals surface area contributed by atoms with Crippen LogP contribution in [-0.2, 0) is 0 Å². The van der Waals surface area contributed by atoms with Crippen molar-refractivity contribution >= 4 is 35.1 Å². The van der Waals surface area contributed by atoms with E-state index in [1.807, 2.05) is 26.4 Å². The fourth-order valence-electron chi connectivity index (χ4n) is 2.67. The minimum Gasteiger partial charge on any atom is -0.494 e. The number of rotatable bonds is 7. The number of nitrogens with one attached hydrogen (secondary N) is 1. The molecule has 0 atom stereocenters. The highest BCUT2D eigenvalue weighted by Gasteiger charge is 2.24. The predicted molar refractivity (Wildman–Crippen MR) is 123 cm³/mol. The largest absolute Gasteiger partial charge is 0.494 e. The molecule has 0 aliphatic carbocycles. The van der Waals surface area contributed by atoms with Gasteiger partial charge in [0, 0.05) is 25.7 Å². The Morgan fingerprint density at radius 1 is 1.00 bits per heavy atom. The Labute approximate surface area is 191 Å². The average Bonchev–Trinajstić information content (AvgIpc) is 3.26. The quantitative estimate of drug-likeness (QED) is 0.410. The monoisotopic (exact) mass is 467 g/mol. The molecule has 0 saturated carbocycles. The summed E-state index contributed by atoms with van der Waals surface area (Å²) in [6.45, 7) is 0. The third kappa shape index (κ3) is 5.91. The summed E-state index contributed by atoms with van der Waals surface area (Å²) in [4.78, 5) is 23.3. The van der Waals surface area contributed by atoms with E-state index in [0.717, 1.165) is 16.7 Å². The van der Waals surface area contributed by atoms with Crippen molar-refractivity contribution in [1.29, 1.82) is 0 Å². The van der Waals surface area contributed by atoms with Crippen molar-refractivity contribution in [3.8, 4) is 23.3 Å². The molecule has 0 fully saturated rings. The number of hydrogen-bond acceptors (Lipinski definition) is 9. The van der Waals surface area contributed by atoms with Crippen LogP contribution in [0.3, 0.4) is 0 Å². The van der Waals surface area contributed by atoms with Gasteiger partial charge >= 0.3 is 5.69 Å². The number of hydrogen-bond donors (Lipinski definition) is 1. The van der Waals surface area contributed by atoms with Gasteiger partial charge < -0.3 is 28.8 Å². The maximum atomic E-state index is 11.1. The van der Waals surface area contributed by atoms with Gasteiger partial charge in [0.15, 0.2) is 5.75 Å². The molecule has 0 spiro atoms. The maximum absolute atomic E-state index is 11.1. The summed E-state index contributed by atoms with van der Waals surface area (Å²) < 4.78 is 20.2. The molecule has 174 valence electrons. The number of fused-ring (bicyclic) bond motifs is 1. The van der Waals surface area contributed by atoms with Gasteiger partial charge in [-0.1, -0.05) is 0 Å². The molecule has 11 nitrogen and oxygen atoms in total. The van der Waals surface area contributed by atoms with Crippen molar-refractivity contribution in [3.05, 3.63) is 46.5 Å². The van der Waals surface area contributed by atoms with E-state index in [9.17, 15) is 10.1 Å². The first-order valence-electron chi connectivity index (χ1n) is 9.01. The van der Waals surface area contributed by atoms with E-state index in [0.29, 0.717) is 17.2 Å². The number of nitrogens with zero attached hydrogens (tertiary/aromatic N) is 4. The second-order valence-electron chi connectivity index (χ2n) is 6.24. The Balaban J connectivity index is 0.000000324. The van der Waals surface area contributed by atoms with Crippen molar-refractivity contribution in [1.82, 2.24) is 19.9 Å². The molecule has 12 heteroatoms. The van der Waals surface area contributed by atoms with Crippen molar-refractivity contribution in [2.45, 2.75) is 0 Å². The second kappa shape index (κ2) is 12.2. The van der Waals surface area contributed by atoms with E-state index in [4.69, 9.17) is 18.9 Å². The highest BCUT2D eigenvalue weighted by Crippen LogP contribution is 2.35. The molecular formula is C20H26ClN5O6. The standard InChI is InChI=1S/C11H15N3O4.C9H10N2O2.ClH/c1-13(2)6-5-8-9(17-3)7-12-11(18-4)10(8)14(15)16;1-12-7-5-11-9(13-2)8-6(7)3-4-10-8;/h5-7H,1-4H3;3-5,10H,1-2H3;1H/b6-5+;;. The number of H-pyrrole nitrogens is 1. The maximum Gasteiger partial charge on any atom is 0.341 e. The Morgan fingerprint density at radius 2 is 1.59 bits per heavy atom. The highest BCUT2D eigenvalue weighted by molar-refractivity contribution is 5.89. The van der Waals surface area contributed by atoms with Crippen LogP contribution in [-0.4, -0.2) is 67.3 Å². The normalized spacial score (nSPS) is 10.1. The SMILES string of the molecule is COc1cnc(OC)c([N+](=O)[O-])c1/C=C/N(C)C.COc1cnc(OC)c2[nH]ccc12.Cl. The molecule has 3 heterocycles. The van der Waals surface area contributed by atoms with E-state index in [2.05, 4.69) is 15.0 Å². The third-order valence-electron chi connectivity index (χ3n) is 4.10. The van der Waals surface area contributed by atoms with Crippen LogP contribution in [0, 0.1) is 10.1 Å². The number of aromatic amines is 1. The first-order chi connectivity index (χ1) is 14.9. The van der Waals surface area contributed by atoms with Crippen LogP contribution < -0.4 is 18.9 Å². The molecule has 0 radical (unpaired) electrons. The number of nitro groups is 1. The average molecular weight is 468 g/mol. The highest BCUT2D eigenvalue weighted by atomic mass is 35.5. The lowest BCUT2D eigenvalue weighted by molar-refractivity contribution is -0.386. The number of halogens is 1. The predicted octanol–water partition coefficient (Wildman–Crippen LogP) is 3.54. The zero-order valence-electron chi connectivity index (χ0n) is 18.6. The van der Waals surface area contributed by atoms with Gasteiger partial charge in [-0.25, -0.2) is 9.97 Å². The van der Waals surface area contributed by atoms with E-state index >= 15 is 0 Å². The van der Waals surface area contributed by atoms with E-state index < -0.39 is 4.92 Å². The first kappa shape index (κ1) is 26.3. The molecule has 0 saturated heterocycles. The molecule has 0 aromatic carbocycles. The van der Waals surface area contributed by atoms with Gasteiger partial charge in [-0.2, -0.15) is 0 Å². The molecule has 0 aliphatic rings. The summed E-state index contributed by atoms with van der Waals surface area (Å²) in [6.07, 6.45) is 8.14. The van der Waals surface area contributed by atoms with Gasteiger partial charge in [0.05, 0.1) is 45.8 Å². The zero-order valence-corrected chi connectivity index (χ0v) is 19.4. The summed E-state index contributed by atoms with van der Waals surface area (Å²) in [6, 6.07) is 1.93. The van der Waals surface area contributed by atoms with E-state index in [1.165, 1.54) is 20.4 Å². The van der Waals surface area contributed by atoms with Crippen LogP contribution in [0.15, 0.2) is 30.9 Å². The van der Waals surface area contributed by atoms with Crippen LogP contribution >= 0.6 is 12.4 Å². The van der Waals surface area contributed by atoms with Crippen LogP contribution in [0.2, 0.25) is 0 Å². The summed E-state index contributed by atoms with van der Waals surface area (Å²) in [5.41, 5.74) is 0.972. The fourth-order valence-corrected chi connectivity index (χ4v) is 2.67. The molecule has 0 aliphatic heterocycles. The molecule has 3 aromatic rings. The Morgan fingerprint density at radius 3 is 2.12 bits per heavy atom. The second-order valence-corrected chi connectivity index (χ2v) is 6.24. The molecule has 3 rings (SSSR count). The Bertz CT molecular complexity index is 1030. The van der Waals surface area contributed by atoms with Gasteiger partial charge in [-0.3, -0.25) is 10.1 Å². The minimum absolute atomic E-state index is 0. The molecule has 32 heavy (non-hydrogen) atoms. The van der Waals surface area contributed by atoms with Crippen LogP contribution in [0.1, 0.15) is 5.56 Å². The molecule has 0 amide bonds. The number of methoxy groups -OCH3 is 4. The number of ether oxygens (including phenoxy) is 4. The van der Waals surface area contributed by atoms with Crippen LogP contribution in [0.25, 0.3) is 17.0 Å². The van der Waals surface area contributed by atoms with Crippen LogP contribution in [0.5, 0.6) is 23.3 Å². The smallest absolute Gasteiger partial charge is 0.341 e. The van der Waals surface area contributed by atoms with Gasteiger partial charge in [-0.05, 0) is 18.3 Å². The molecule has 1 N–H and O–H groups in total. The fraction of sp³-hybridized carbons (Fsp3) is 0.300. The topological polar surface area (TPSA) is 125 Å². The van der Waals surface area contributed by atoms with Crippen molar-refractivity contribution in [2.24, 2.45) is 0 Å². The van der Waals surface area contributed by atoms with Crippen molar-refractivity contribution in [3.63, 3.8) is 0 Å². The third-order valence-corrected chi connectivity index (χ3v) is 4.10. The van der Waals surface area contributed by atoms with Crippen LogP contribution in [0.4, 0.5) is 5.69 Å². The lowest BCUT2D eigenvalue weighted by atomic mass is 10.2. The molecular weight excluding hydrogens is 442 g/mol. The summed E-state index contributed by atoms with van der Waals surface area (Å²) >= 11 is 0. The van der Waals surface area contributed by atoms with Crippen molar-refractivity contribution < 1.29 is 23.9 Å². The van der Waals surface area contributed by atoms with Gasteiger partial charge in [0.25, 0.3) is 5.88 Å². The summed E-state index contributed by atoms with van der Waals surface area (Å²) in [5, 5.41) is 12.1. The molecule has 3 aromatic heterocycles. The van der Waals surface area contributed by atoms with Gasteiger partial charge in [-0.15, -0.1) is 12.4 Å². The van der Waals surface area contributed by atoms with E-state index in [-0.39, 0.29) is 24.0 Å². The summed E-state index contributed by atoms with van der Waals surface area (Å²) in [7, 11) is 9.60. The Kier molecular flexibility index (Phi) is 10.0. The van der Waals surface area contributed by atoms with E-state index in [1.54, 1.807) is 37.6 Å². The minimum atomic E-state index is -0.538. The lowest BCUT2D eigenvalue weighted by Gasteiger charge is -2.09.